The molecule has 33 heavy (non-hydrogen) atoms. The van der Waals surface area contributed by atoms with Gasteiger partial charge in [-0.1, -0.05) is 161 Å². The van der Waals surface area contributed by atoms with Gasteiger partial charge in [0.25, 0.3) is 0 Å². The summed E-state index contributed by atoms with van der Waals surface area (Å²) in [6.07, 6.45) is 41.9. The summed E-state index contributed by atoms with van der Waals surface area (Å²) in [4.78, 5) is 0. The largest absolute Gasteiger partial charge is 0.261 e. The van der Waals surface area contributed by atoms with Gasteiger partial charge in [0, 0.05) is 11.9 Å². The molecule has 0 amide bonds. The van der Waals surface area contributed by atoms with Gasteiger partial charge in [0.05, 0.1) is 0 Å². The molecule has 0 fully saturated rings. The van der Waals surface area contributed by atoms with Crippen LogP contribution in [0.3, 0.4) is 0 Å². The average Bonchev–Trinajstić information content (AvgIpc) is 3.23. The fourth-order valence-corrected chi connectivity index (χ4v) is 5.16. The van der Waals surface area contributed by atoms with E-state index in [2.05, 4.69) is 25.2 Å². The Bertz CT molecular complexity index is 461. The van der Waals surface area contributed by atoms with Gasteiger partial charge in [0.2, 0.25) is 0 Å². The molecular formula is C32H60N. The Balaban J connectivity index is 1.64. The second-order valence-electron chi connectivity index (χ2n) is 10.8. The van der Waals surface area contributed by atoms with Gasteiger partial charge in [-0.2, -0.15) is 0 Å². The van der Waals surface area contributed by atoms with Crippen LogP contribution >= 0.6 is 0 Å². The maximum atomic E-state index is 4.33. The molecule has 1 aliphatic rings. The molecule has 1 heterocycles. The van der Waals surface area contributed by atoms with Crippen molar-refractivity contribution in [1.82, 2.24) is 5.32 Å². The van der Waals surface area contributed by atoms with E-state index in [4.69, 9.17) is 0 Å². The van der Waals surface area contributed by atoms with E-state index in [1.165, 1.54) is 178 Å². The first-order valence-corrected chi connectivity index (χ1v) is 15.4. The van der Waals surface area contributed by atoms with Crippen molar-refractivity contribution in [1.29, 1.82) is 0 Å². The molecule has 1 rings (SSSR count). The first-order valence-electron chi connectivity index (χ1n) is 15.4. The van der Waals surface area contributed by atoms with Gasteiger partial charge in [-0.3, -0.25) is 5.32 Å². The summed E-state index contributed by atoms with van der Waals surface area (Å²) >= 11 is 0. The van der Waals surface area contributed by atoms with Crippen molar-refractivity contribution in [2.45, 2.75) is 181 Å². The van der Waals surface area contributed by atoms with Gasteiger partial charge in [-0.15, -0.1) is 0 Å². The van der Waals surface area contributed by atoms with Crippen LogP contribution < -0.4 is 5.32 Å². The van der Waals surface area contributed by atoms with Crippen molar-refractivity contribution in [3.05, 3.63) is 23.5 Å². The van der Waals surface area contributed by atoms with Crippen LogP contribution in [0, 0.1) is 0 Å². The van der Waals surface area contributed by atoms with Crippen LogP contribution in [0.4, 0.5) is 0 Å². The number of nitrogens with zero attached hydrogens (tertiary/aromatic N) is 1. The zero-order valence-electron chi connectivity index (χ0n) is 23.0. The zero-order valence-corrected chi connectivity index (χ0v) is 23.0. The van der Waals surface area contributed by atoms with Crippen LogP contribution in [-0.4, -0.2) is 0 Å². The van der Waals surface area contributed by atoms with E-state index >= 15 is 0 Å². The molecule has 0 saturated carbocycles. The van der Waals surface area contributed by atoms with E-state index in [1.54, 1.807) is 0 Å². The fraction of sp³-hybridized carbons (Fsp3) is 0.875. The highest BCUT2D eigenvalue weighted by Crippen LogP contribution is 2.19. The maximum absolute atomic E-state index is 4.33. The van der Waals surface area contributed by atoms with Crippen LogP contribution in [0.25, 0.3) is 0 Å². The molecule has 193 valence electrons. The Kier molecular flexibility index (Phi) is 22.4. The highest BCUT2D eigenvalue weighted by atomic mass is 14.9. The highest BCUT2D eigenvalue weighted by molar-refractivity contribution is 5.29. The minimum Gasteiger partial charge on any atom is -0.261 e. The molecule has 1 nitrogen and oxygen atoms in total. The summed E-state index contributed by atoms with van der Waals surface area (Å²) in [7, 11) is 0. The molecule has 0 atom stereocenters. The smallest absolute Gasteiger partial charge is 0.0405 e. The molecule has 0 aromatic carbocycles. The van der Waals surface area contributed by atoms with E-state index in [9.17, 15) is 0 Å². The average molecular weight is 459 g/mol. The Hall–Kier alpha value is -0.720. The molecule has 0 aromatic heterocycles. The minimum absolute atomic E-state index is 1.23. The zero-order chi connectivity index (χ0) is 23.7. The highest BCUT2D eigenvalue weighted by Gasteiger charge is 2.04. The SMILES string of the molecule is CCCCCCCCCCCCCCCCCCCCCCCCCCCC1=C(C)[N]C=C1. The Morgan fingerprint density at radius 1 is 0.455 bits per heavy atom. The molecule has 0 saturated heterocycles. The summed E-state index contributed by atoms with van der Waals surface area (Å²) in [6, 6.07) is 0. The molecule has 0 N–H and O–H groups in total. The first kappa shape index (κ1) is 30.3. The lowest BCUT2D eigenvalue weighted by molar-refractivity contribution is 0.516. The van der Waals surface area contributed by atoms with Gasteiger partial charge >= 0.3 is 0 Å². The van der Waals surface area contributed by atoms with Crippen LogP contribution in [0.2, 0.25) is 0 Å². The van der Waals surface area contributed by atoms with Crippen LogP contribution in [-0.2, 0) is 0 Å². The molecule has 1 radical (unpaired) electrons. The van der Waals surface area contributed by atoms with Crippen LogP contribution in [0.1, 0.15) is 181 Å². The molecule has 0 spiro atoms. The molecule has 0 unspecified atom stereocenters. The van der Waals surface area contributed by atoms with Gasteiger partial charge in [0.1, 0.15) is 0 Å². The van der Waals surface area contributed by atoms with Gasteiger partial charge in [0.15, 0.2) is 0 Å². The number of hydrogen-bond acceptors (Lipinski definition) is 0. The summed E-state index contributed by atoms with van der Waals surface area (Å²) < 4.78 is 0. The first-order chi connectivity index (χ1) is 16.3. The van der Waals surface area contributed by atoms with Gasteiger partial charge < -0.3 is 0 Å². The van der Waals surface area contributed by atoms with Crippen LogP contribution in [0.5, 0.6) is 0 Å². The van der Waals surface area contributed by atoms with Crippen molar-refractivity contribution in [2.24, 2.45) is 0 Å². The fourth-order valence-electron chi connectivity index (χ4n) is 5.16. The third kappa shape index (κ3) is 20.4. The number of unbranched alkanes of at least 4 members (excludes halogenated alkanes) is 24. The normalized spacial score (nSPS) is 13.3. The van der Waals surface area contributed by atoms with Crippen molar-refractivity contribution in [2.75, 3.05) is 0 Å². The third-order valence-electron chi connectivity index (χ3n) is 7.56. The summed E-state index contributed by atoms with van der Waals surface area (Å²) in [5.41, 5.74) is 2.70. The molecule has 0 aromatic rings. The van der Waals surface area contributed by atoms with Gasteiger partial charge in [-0.25, -0.2) is 0 Å². The van der Waals surface area contributed by atoms with Crippen molar-refractivity contribution in [3.8, 4) is 0 Å². The molecule has 1 heteroatoms. The van der Waals surface area contributed by atoms with Crippen molar-refractivity contribution >= 4 is 0 Å². The standard InChI is InChI=1S/C32H60N/c1-3-4-5-6-7-8-9-10-11-12-13-14-15-16-17-18-19-20-21-22-23-24-25-26-27-28-32-29-30-33-31(32)2/h29-30H,3-28H2,1-2H3. The predicted octanol–water partition coefficient (Wildman–Crippen LogP) is 11.6. The lowest BCUT2D eigenvalue weighted by atomic mass is 10.0. The van der Waals surface area contributed by atoms with Crippen molar-refractivity contribution in [3.63, 3.8) is 0 Å². The summed E-state index contributed by atoms with van der Waals surface area (Å²) in [5.74, 6) is 0. The van der Waals surface area contributed by atoms with Crippen molar-refractivity contribution < 1.29 is 0 Å². The third-order valence-corrected chi connectivity index (χ3v) is 7.56. The number of allylic oxidation sites excluding steroid dienone is 3. The van der Waals surface area contributed by atoms with E-state index in [-0.39, 0.29) is 0 Å². The Labute approximate surface area is 209 Å². The molecular weight excluding hydrogens is 398 g/mol. The second kappa shape index (κ2) is 24.4. The Morgan fingerprint density at radius 2 is 0.758 bits per heavy atom. The lowest BCUT2D eigenvalue weighted by Gasteiger charge is -2.05. The topological polar surface area (TPSA) is 14.1 Å². The molecule has 1 aliphatic heterocycles. The summed E-state index contributed by atoms with van der Waals surface area (Å²) in [6.45, 7) is 4.44. The number of rotatable bonds is 26. The lowest BCUT2D eigenvalue weighted by Crippen LogP contribution is -1.89. The summed E-state index contributed by atoms with van der Waals surface area (Å²) in [5, 5.41) is 4.33. The van der Waals surface area contributed by atoms with Gasteiger partial charge in [-0.05, 0) is 31.4 Å². The minimum atomic E-state index is 1.23. The van der Waals surface area contributed by atoms with Crippen LogP contribution in [0.15, 0.2) is 23.5 Å². The molecule has 0 aliphatic carbocycles. The van der Waals surface area contributed by atoms with E-state index in [1.807, 2.05) is 6.20 Å². The van der Waals surface area contributed by atoms with E-state index in [0.717, 1.165) is 0 Å². The quantitative estimate of drug-likeness (QED) is 0.114. The monoisotopic (exact) mass is 458 g/mol. The molecule has 0 bridgehead atoms. The second-order valence-corrected chi connectivity index (χ2v) is 10.8. The van der Waals surface area contributed by atoms with E-state index in [0.29, 0.717) is 0 Å². The number of hydrogen-bond donors (Lipinski definition) is 0. The maximum Gasteiger partial charge on any atom is 0.0405 e. The Morgan fingerprint density at radius 3 is 1.03 bits per heavy atom. The van der Waals surface area contributed by atoms with E-state index < -0.39 is 0 Å². The predicted molar refractivity (Wildman–Crippen MR) is 150 cm³/mol.